The van der Waals surface area contributed by atoms with Crippen LogP contribution in [0.1, 0.15) is 17.9 Å². The van der Waals surface area contributed by atoms with Gasteiger partial charge < -0.3 is 24.2 Å². The second-order valence-corrected chi connectivity index (χ2v) is 5.07. The molecule has 2 atom stereocenters. The minimum absolute atomic E-state index is 0.0891. The third-order valence-corrected chi connectivity index (χ3v) is 4.13. The Morgan fingerprint density at radius 1 is 1.15 bits per heavy atom. The summed E-state index contributed by atoms with van der Waals surface area (Å²) in [5, 5.41) is 9.65. The number of rotatable bonds is 5. The van der Waals surface area contributed by atoms with Crippen LogP contribution in [0.5, 0.6) is 17.2 Å². The number of aliphatic hydroxyl groups excluding tert-OH is 1. The smallest absolute Gasteiger partial charge is 0.129 e. The van der Waals surface area contributed by atoms with E-state index < -0.39 is 0 Å². The van der Waals surface area contributed by atoms with Crippen molar-refractivity contribution in [3.05, 3.63) is 17.7 Å². The molecule has 1 aliphatic rings. The Labute approximate surface area is 120 Å². The molecule has 0 aromatic heterocycles. The van der Waals surface area contributed by atoms with Gasteiger partial charge in [-0.2, -0.15) is 0 Å². The number of methoxy groups -OCH3 is 3. The van der Waals surface area contributed by atoms with E-state index >= 15 is 0 Å². The van der Waals surface area contributed by atoms with Crippen molar-refractivity contribution in [2.45, 2.75) is 18.4 Å². The Kier molecular flexibility index (Phi) is 4.73. The minimum Gasteiger partial charge on any atom is -0.496 e. The number of nitrogens with zero attached hydrogens (tertiary/aromatic N) is 1. The molecule has 0 aliphatic carbocycles. The van der Waals surface area contributed by atoms with Gasteiger partial charge in [-0.3, -0.25) is 0 Å². The first kappa shape index (κ1) is 14.9. The number of hydrogen-bond acceptors (Lipinski definition) is 5. The minimum atomic E-state index is 0.0891. The fraction of sp³-hybridized carbons (Fsp3) is 0.600. The number of likely N-dealkylation sites (N-methyl/N-ethyl adjacent to an activating group) is 1. The van der Waals surface area contributed by atoms with Gasteiger partial charge in [0.05, 0.1) is 27.9 Å². The van der Waals surface area contributed by atoms with Gasteiger partial charge in [-0.05, 0) is 20.0 Å². The lowest BCUT2D eigenvalue weighted by Gasteiger charge is -2.26. The van der Waals surface area contributed by atoms with Crippen LogP contribution in [0.15, 0.2) is 12.1 Å². The van der Waals surface area contributed by atoms with Crippen molar-refractivity contribution in [3.8, 4) is 17.2 Å². The Bertz CT molecular complexity index is 438. The number of ether oxygens (including phenoxy) is 3. The van der Waals surface area contributed by atoms with Crippen molar-refractivity contribution in [1.82, 2.24) is 4.90 Å². The van der Waals surface area contributed by atoms with Gasteiger partial charge in [-0.25, -0.2) is 0 Å². The number of benzene rings is 1. The molecule has 1 aromatic carbocycles. The Balaban J connectivity index is 2.49. The average molecular weight is 281 g/mol. The largest absolute Gasteiger partial charge is 0.496 e. The summed E-state index contributed by atoms with van der Waals surface area (Å²) in [6.45, 7) is 1.08. The van der Waals surface area contributed by atoms with Crippen LogP contribution in [0.3, 0.4) is 0 Å². The zero-order valence-corrected chi connectivity index (χ0v) is 12.5. The van der Waals surface area contributed by atoms with Crippen molar-refractivity contribution < 1.29 is 19.3 Å². The fourth-order valence-corrected chi connectivity index (χ4v) is 3.01. The first-order valence-corrected chi connectivity index (χ1v) is 6.77. The van der Waals surface area contributed by atoms with Crippen LogP contribution >= 0.6 is 0 Å². The highest BCUT2D eigenvalue weighted by Gasteiger charge is 2.36. The Morgan fingerprint density at radius 3 is 2.20 bits per heavy atom. The lowest BCUT2D eigenvalue weighted by molar-refractivity contribution is 0.171. The van der Waals surface area contributed by atoms with E-state index in [1.807, 2.05) is 19.2 Å². The zero-order chi connectivity index (χ0) is 14.7. The highest BCUT2D eigenvalue weighted by atomic mass is 16.5. The summed E-state index contributed by atoms with van der Waals surface area (Å²) in [6.07, 6.45) is 0.973. The van der Waals surface area contributed by atoms with Gasteiger partial charge in [0, 0.05) is 29.7 Å². The first-order chi connectivity index (χ1) is 9.65. The molecule has 5 heteroatoms. The highest BCUT2D eigenvalue weighted by molar-refractivity contribution is 5.53. The molecule has 1 aliphatic heterocycles. The summed E-state index contributed by atoms with van der Waals surface area (Å²) in [7, 11) is 6.94. The Hall–Kier alpha value is -1.46. The molecule has 0 spiro atoms. The zero-order valence-electron chi connectivity index (χ0n) is 12.5. The van der Waals surface area contributed by atoms with E-state index in [0.717, 1.165) is 30.0 Å². The fourth-order valence-electron chi connectivity index (χ4n) is 3.01. The van der Waals surface area contributed by atoms with Crippen LogP contribution in [0.4, 0.5) is 0 Å². The molecule has 1 aromatic rings. The van der Waals surface area contributed by atoms with Crippen LogP contribution < -0.4 is 14.2 Å². The molecule has 1 fully saturated rings. The van der Waals surface area contributed by atoms with Gasteiger partial charge in [0.1, 0.15) is 17.2 Å². The van der Waals surface area contributed by atoms with E-state index in [2.05, 4.69) is 4.90 Å². The van der Waals surface area contributed by atoms with Gasteiger partial charge in [0.15, 0.2) is 0 Å². The van der Waals surface area contributed by atoms with Crippen LogP contribution in [0, 0.1) is 0 Å². The normalized spacial score (nSPS) is 22.9. The number of likely N-dealkylation sites (tertiary alicyclic amines) is 1. The van der Waals surface area contributed by atoms with E-state index in [9.17, 15) is 5.11 Å². The van der Waals surface area contributed by atoms with Gasteiger partial charge in [-0.15, -0.1) is 0 Å². The first-order valence-electron chi connectivity index (χ1n) is 6.77. The molecule has 112 valence electrons. The van der Waals surface area contributed by atoms with Gasteiger partial charge in [0.2, 0.25) is 0 Å². The molecule has 0 bridgehead atoms. The van der Waals surface area contributed by atoms with Crippen LogP contribution in [-0.4, -0.2) is 57.6 Å². The van der Waals surface area contributed by atoms with Crippen molar-refractivity contribution in [3.63, 3.8) is 0 Å². The summed E-state index contributed by atoms with van der Waals surface area (Å²) in [5.74, 6) is 2.40. The van der Waals surface area contributed by atoms with E-state index in [4.69, 9.17) is 14.2 Å². The molecular formula is C15H23NO4. The predicted octanol–water partition coefficient (Wildman–Crippen LogP) is 1.49. The van der Waals surface area contributed by atoms with Crippen molar-refractivity contribution >= 4 is 0 Å². The number of aliphatic hydroxyl groups is 1. The molecule has 1 heterocycles. The van der Waals surface area contributed by atoms with Crippen LogP contribution in [0.25, 0.3) is 0 Å². The topological polar surface area (TPSA) is 51.2 Å². The summed E-state index contributed by atoms with van der Waals surface area (Å²) >= 11 is 0. The molecular weight excluding hydrogens is 258 g/mol. The predicted molar refractivity (Wildman–Crippen MR) is 77.0 cm³/mol. The lowest BCUT2D eigenvalue weighted by atomic mass is 9.90. The molecule has 0 saturated carbocycles. The second-order valence-electron chi connectivity index (χ2n) is 5.07. The van der Waals surface area contributed by atoms with E-state index in [0.29, 0.717) is 5.75 Å². The monoisotopic (exact) mass is 281 g/mol. The quantitative estimate of drug-likeness (QED) is 0.886. The van der Waals surface area contributed by atoms with Gasteiger partial charge in [0.25, 0.3) is 0 Å². The summed E-state index contributed by atoms with van der Waals surface area (Å²) in [4.78, 5) is 2.17. The maximum absolute atomic E-state index is 9.65. The molecule has 1 saturated heterocycles. The maximum Gasteiger partial charge on any atom is 0.129 e. The summed E-state index contributed by atoms with van der Waals surface area (Å²) in [5.41, 5.74) is 1.01. The second kappa shape index (κ2) is 6.33. The van der Waals surface area contributed by atoms with Crippen molar-refractivity contribution in [1.29, 1.82) is 0 Å². The molecule has 20 heavy (non-hydrogen) atoms. The molecule has 0 amide bonds. The SMILES string of the molecule is COc1cc(OC)c([C@H]2CCN(C)[C@@H]2CO)c(OC)c1. The summed E-state index contributed by atoms with van der Waals surface area (Å²) < 4.78 is 16.3. The Morgan fingerprint density at radius 2 is 1.75 bits per heavy atom. The van der Waals surface area contributed by atoms with Crippen LogP contribution in [-0.2, 0) is 0 Å². The standard InChI is InChI=1S/C15H23NO4/c1-16-6-5-11(12(16)9-17)15-13(19-3)7-10(18-2)8-14(15)20-4/h7-8,11-12,17H,5-6,9H2,1-4H3/t11-,12+/m0/s1. The lowest BCUT2D eigenvalue weighted by Crippen LogP contribution is -2.32. The van der Waals surface area contributed by atoms with E-state index in [1.54, 1.807) is 21.3 Å². The van der Waals surface area contributed by atoms with Crippen molar-refractivity contribution in [2.24, 2.45) is 0 Å². The molecule has 5 nitrogen and oxygen atoms in total. The van der Waals surface area contributed by atoms with E-state index in [-0.39, 0.29) is 18.6 Å². The van der Waals surface area contributed by atoms with Crippen molar-refractivity contribution in [2.75, 3.05) is 41.5 Å². The average Bonchev–Trinajstić information content (AvgIpc) is 2.85. The summed E-state index contributed by atoms with van der Waals surface area (Å²) in [6, 6.07) is 3.82. The number of hydrogen-bond donors (Lipinski definition) is 1. The molecule has 0 radical (unpaired) electrons. The third-order valence-electron chi connectivity index (χ3n) is 4.13. The van der Waals surface area contributed by atoms with E-state index in [1.165, 1.54) is 0 Å². The molecule has 2 rings (SSSR count). The maximum atomic E-state index is 9.65. The molecule has 1 N–H and O–H groups in total. The third kappa shape index (κ3) is 2.55. The van der Waals surface area contributed by atoms with Gasteiger partial charge >= 0.3 is 0 Å². The van der Waals surface area contributed by atoms with Gasteiger partial charge in [-0.1, -0.05) is 0 Å². The molecule has 0 unspecified atom stereocenters. The van der Waals surface area contributed by atoms with Crippen LogP contribution in [0.2, 0.25) is 0 Å². The highest BCUT2D eigenvalue weighted by Crippen LogP contribution is 2.44.